The van der Waals surface area contributed by atoms with Gasteiger partial charge in [0.25, 0.3) is 0 Å². The second-order valence-corrected chi connectivity index (χ2v) is 7.39. The average Bonchev–Trinajstić information content (AvgIpc) is 2.37. The number of benzene rings is 1. The lowest BCUT2D eigenvalue weighted by molar-refractivity contribution is -0.132. The molecule has 0 saturated heterocycles. The zero-order valence-corrected chi connectivity index (χ0v) is 12.3. The van der Waals surface area contributed by atoms with E-state index >= 15 is 0 Å². The van der Waals surface area contributed by atoms with E-state index in [2.05, 4.69) is 5.32 Å². The van der Waals surface area contributed by atoms with Gasteiger partial charge in [-0.3, -0.25) is 4.79 Å². The molecule has 1 amide bonds. The highest BCUT2D eigenvalue weighted by atomic mass is 35.5. The first-order valence-corrected chi connectivity index (χ1v) is 8.13. The van der Waals surface area contributed by atoms with Crippen molar-refractivity contribution in [1.29, 1.82) is 0 Å². The molecule has 106 valence electrons. The lowest BCUT2D eigenvalue weighted by Gasteiger charge is -2.53. The van der Waals surface area contributed by atoms with E-state index in [4.69, 9.17) is 11.6 Å². The number of carbonyl (C=O) groups is 1. The van der Waals surface area contributed by atoms with Crippen molar-refractivity contribution < 1.29 is 4.79 Å². The number of halogens is 1. The largest absolute Gasteiger partial charge is 0.326 e. The second kappa shape index (κ2) is 4.77. The Bertz CT molecular complexity index is 514. The third-order valence-electron chi connectivity index (χ3n) is 5.62. The number of anilines is 1. The molecule has 5 rings (SSSR count). The first-order valence-electron chi connectivity index (χ1n) is 7.75. The molecule has 1 aromatic carbocycles. The first kappa shape index (κ1) is 12.7. The van der Waals surface area contributed by atoms with Crippen LogP contribution in [0.2, 0.25) is 5.02 Å². The summed E-state index contributed by atoms with van der Waals surface area (Å²) in [5, 5.41) is 3.76. The van der Waals surface area contributed by atoms with Crippen molar-refractivity contribution in [3.63, 3.8) is 0 Å². The smallest absolute Gasteiger partial charge is 0.228 e. The molecule has 4 aliphatic rings. The van der Waals surface area contributed by atoms with Crippen LogP contribution in [0.15, 0.2) is 24.3 Å². The molecule has 20 heavy (non-hydrogen) atoms. The maximum atomic E-state index is 12.7. The van der Waals surface area contributed by atoms with E-state index in [0.29, 0.717) is 16.9 Å². The van der Waals surface area contributed by atoms with Gasteiger partial charge in [-0.15, -0.1) is 0 Å². The van der Waals surface area contributed by atoms with Gasteiger partial charge in [-0.05, 0) is 74.0 Å². The van der Waals surface area contributed by atoms with Crippen molar-refractivity contribution in [1.82, 2.24) is 0 Å². The van der Waals surface area contributed by atoms with Crippen LogP contribution in [0.3, 0.4) is 0 Å². The quantitative estimate of drug-likeness (QED) is 0.861. The minimum atomic E-state index is 0.223. The molecule has 4 saturated carbocycles. The van der Waals surface area contributed by atoms with Gasteiger partial charge in [-0.2, -0.15) is 0 Å². The van der Waals surface area contributed by atoms with Gasteiger partial charge < -0.3 is 5.32 Å². The number of carbonyl (C=O) groups excluding carboxylic acids is 1. The molecule has 2 nitrogen and oxygen atoms in total. The lowest BCUT2D eigenvalue weighted by atomic mass is 9.51. The predicted molar refractivity (Wildman–Crippen MR) is 80.6 cm³/mol. The van der Waals surface area contributed by atoms with E-state index in [1.807, 2.05) is 24.3 Å². The second-order valence-electron chi connectivity index (χ2n) is 6.96. The summed E-state index contributed by atoms with van der Waals surface area (Å²) in [6.45, 7) is 0. The van der Waals surface area contributed by atoms with Gasteiger partial charge in [0.05, 0.1) is 0 Å². The summed E-state index contributed by atoms with van der Waals surface area (Å²) < 4.78 is 0. The average molecular weight is 290 g/mol. The van der Waals surface area contributed by atoms with Crippen LogP contribution in [-0.4, -0.2) is 5.91 Å². The van der Waals surface area contributed by atoms with E-state index in [0.717, 1.165) is 17.5 Å². The molecule has 4 fully saturated rings. The molecule has 0 radical (unpaired) electrons. The molecule has 0 atom stereocenters. The van der Waals surface area contributed by atoms with Crippen molar-refractivity contribution in [2.45, 2.75) is 32.1 Å². The first-order chi connectivity index (χ1) is 9.69. The molecule has 0 unspecified atom stereocenters. The molecule has 0 spiro atoms. The van der Waals surface area contributed by atoms with Crippen LogP contribution < -0.4 is 5.32 Å². The van der Waals surface area contributed by atoms with Crippen LogP contribution in [-0.2, 0) is 4.79 Å². The summed E-state index contributed by atoms with van der Waals surface area (Å²) in [6, 6.07) is 7.46. The normalized spacial score (nSPS) is 38.0. The van der Waals surface area contributed by atoms with E-state index in [-0.39, 0.29) is 11.8 Å². The van der Waals surface area contributed by atoms with Crippen molar-refractivity contribution in [2.24, 2.45) is 29.6 Å². The lowest BCUT2D eigenvalue weighted by Crippen LogP contribution is -2.49. The van der Waals surface area contributed by atoms with E-state index < -0.39 is 0 Å². The molecular weight excluding hydrogens is 270 g/mol. The van der Waals surface area contributed by atoms with Crippen molar-refractivity contribution in [3.8, 4) is 0 Å². The summed E-state index contributed by atoms with van der Waals surface area (Å²) >= 11 is 5.98. The Morgan fingerprint density at radius 1 is 1.05 bits per heavy atom. The third-order valence-corrected chi connectivity index (χ3v) is 5.86. The minimum absolute atomic E-state index is 0.223. The number of hydrogen-bond donors (Lipinski definition) is 1. The van der Waals surface area contributed by atoms with Crippen LogP contribution in [0, 0.1) is 29.6 Å². The molecule has 4 bridgehead atoms. The number of hydrogen-bond acceptors (Lipinski definition) is 1. The molecular formula is C17H20ClNO. The SMILES string of the molecule is O=C(Nc1cccc(Cl)c1)C1C2CC3CC(C2)CC1C3. The molecule has 0 aliphatic heterocycles. The van der Waals surface area contributed by atoms with Crippen LogP contribution in [0.4, 0.5) is 5.69 Å². The molecule has 1 aromatic rings. The van der Waals surface area contributed by atoms with Crippen molar-refractivity contribution >= 4 is 23.2 Å². The van der Waals surface area contributed by atoms with Gasteiger partial charge in [0, 0.05) is 16.6 Å². The van der Waals surface area contributed by atoms with Crippen molar-refractivity contribution in [2.75, 3.05) is 5.32 Å². The van der Waals surface area contributed by atoms with Gasteiger partial charge in [0.2, 0.25) is 5.91 Å². The minimum Gasteiger partial charge on any atom is -0.326 e. The molecule has 4 aliphatic carbocycles. The number of amides is 1. The zero-order chi connectivity index (χ0) is 13.7. The highest BCUT2D eigenvalue weighted by Crippen LogP contribution is 2.56. The highest BCUT2D eigenvalue weighted by Gasteiger charge is 2.50. The summed E-state index contributed by atoms with van der Waals surface area (Å²) in [5.74, 6) is 3.54. The van der Waals surface area contributed by atoms with Crippen LogP contribution in [0.25, 0.3) is 0 Å². The summed E-state index contributed by atoms with van der Waals surface area (Å²) in [6.07, 6.45) is 6.54. The van der Waals surface area contributed by atoms with Gasteiger partial charge >= 0.3 is 0 Å². The van der Waals surface area contributed by atoms with Gasteiger partial charge in [0.15, 0.2) is 0 Å². The topological polar surface area (TPSA) is 29.1 Å². The van der Waals surface area contributed by atoms with E-state index in [9.17, 15) is 4.79 Å². The predicted octanol–water partition coefficient (Wildman–Crippen LogP) is 4.35. The Hall–Kier alpha value is -1.02. The molecule has 1 N–H and O–H groups in total. The Morgan fingerprint density at radius 3 is 2.30 bits per heavy atom. The fraction of sp³-hybridized carbons (Fsp3) is 0.588. The maximum absolute atomic E-state index is 12.7. The molecule has 3 heteroatoms. The molecule has 0 aromatic heterocycles. The fourth-order valence-electron chi connectivity index (χ4n) is 5.15. The van der Waals surface area contributed by atoms with Gasteiger partial charge in [-0.1, -0.05) is 17.7 Å². The van der Waals surface area contributed by atoms with Crippen LogP contribution >= 0.6 is 11.6 Å². The Labute approximate surface area is 124 Å². The van der Waals surface area contributed by atoms with Crippen LogP contribution in [0.1, 0.15) is 32.1 Å². The summed E-state index contributed by atoms with van der Waals surface area (Å²) in [4.78, 5) is 12.7. The monoisotopic (exact) mass is 289 g/mol. The fourth-order valence-corrected chi connectivity index (χ4v) is 5.34. The Kier molecular flexibility index (Phi) is 3.03. The molecule has 0 heterocycles. The third kappa shape index (κ3) is 2.14. The Balaban J connectivity index is 1.51. The number of nitrogens with one attached hydrogen (secondary N) is 1. The van der Waals surface area contributed by atoms with Gasteiger partial charge in [-0.25, -0.2) is 0 Å². The summed E-state index contributed by atoms with van der Waals surface area (Å²) in [7, 11) is 0. The van der Waals surface area contributed by atoms with Crippen molar-refractivity contribution in [3.05, 3.63) is 29.3 Å². The zero-order valence-electron chi connectivity index (χ0n) is 11.5. The highest BCUT2D eigenvalue weighted by molar-refractivity contribution is 6.30. The standard InChI is InChI=1S/C17H20ClNO/c18-14-2-1-3-15(9-14)19-17(20)16-12-5-10-4-11(7-12)8-13(16)6-10/h1-3,9-13,16H,4-8H2,(H,19,20). The van der Waals surface area contributed by atoms with E-state index in [1.54, 1.807) is 0 Å². The Morgan fingerprint density at radius 2 is 1.70 bits per heavy atom. The summed E-state index contributed by atoms with van der Waals surface area (Å²) in [5.41, 5.74) is 0.830. The maximum Gasteiger partial charge on any atom is 0.228 e. The van der Waals surface area contributed by atoms with Gasteiger partial charge in [0.1, 0.15) is 0 Å². The van der Waals surface area contributed by atoms with E-state index in [1.165, 1.54) is 32.1 Å². The number of rotatable bonds is 2. The van der Waals surface area contributed by atoms with Crippen LogP contribution in [0.5, 0.6) is 0 Å².